The van der Waals surface area contributed by atoms with E-state index in [1.807, 2.05) is 6.92 Å². The third-order valence-electron chi connectivity index (χ3n) is 3.80. The van der Waals surface area contributed by atoms with Gasteiger partial charge in [0.05, 0.1) is 13.2 Å². The van der Waals surface area contributed by atoms with Crippen molar-refractivity contribution >= 4 is 17.5 Å². The Morgan fingerprint density at radius 3 is 2.50 bits per heavy atom. The predicted molar refractivity (Wildman–Crippen MR) is 103 cm³/mol. The summed E-state index contributed by atoms with van der Waals surface area (Å²) >= 11 is 0. The number of aliphatic hydroxyl groups excluding tert-OH is 1. The van der Waals surface area contributed by atoms with E-state index >= 15 is 0 Å². The van der Waals surface area contributed by atoms with Gasteiger partial charge in [-0.3, -0.25) is 0 Å². The molecule has 0 saturated heterocycles. The normalized spacial score (nSPS) is 12.3. The summed E-state index contributed by atoms with van der Waals surface area (Å²) in [5.74, 6) is -0.344. The SMILES string of the molecule is CCOc1ccc(OCCO)c(C(Nc2ccc(C(N)=NO)cc2)C(=O)O)c1. The van der Waals surface area contributed by atoms with Crippen LogP contribution in [0.4, 0.5) is 5.69 Å². The summed E-state index contributed by atoms with van der Waals surface area (Å²) in [4.78, 5) is 11.9. The van der Waals surface area contributed by atoms with E-state index in [4.69, 9.17) is 25.5 Å². The van der Waals surface area contributed by atoms with E-state index in [1.165, 1.54) is 0 Å². The topological polar surface area (TPSA) is 147 Å². The van der Waals surface area contributed by atoms with Gasteiger partial charge in [0.2, 0.25) is 0 Å². The number of aliphatic carboxylic acids is 1. The van der Waals surface area contributed by atoms with Gasteiger partial charge < -0.3 is 35.9 Å². The van der Waals surface area contributed by atoms with Gasteiger partial charge in [-0.05, 0) is 49.4 Å². The van der Waals surface area contributed by atoms with Gasteiger partial charge in [0.15, 0.2) is 11.9 Å². The zero-order valence-corrected chi connectivity index (χ0v) is 15.3. The fraction of sp³-hybridized carbons (Fsp3) is 0.263. The largest absolute Gasteiger partial charge is 0.494 e. The fourth-order valence-corrected chi connectivity index (χ4v) is 2.53. The molecule has 0 spiro atoms. The van der Waals surface area contributed by atoms with E-state index < -0.39 is 12.0 Å². The number of nitrogens with two attached hydrogens (primary N) is 1. The lowest BCUT2D eigenvalue weighted by molar-refractivity contribution is -0.138. The minimum Gasteiger partial charge on any atom is -0.494 e. The first-order valence-electron chi connectivity index (χ1n) is 8.57. The van der Waals surface area contributed by atoms with Crippen LogP contribution in [0.3, 0.4) is 0 Å². The average molecular weight is 389 g/mol. The van der Waals surface area contributed by atoms with Crippen molar-refractivity contribution < 1.29 is 29.7 Å². The molecule has 0 aliphatic rings. The van der Waals surface area contributed by atoms with Gasteiger partial charge >= 0.3 is 5.97 Å². The number of ether oxygens (including phenoxy) is 2. The monoisotopic (exact) mass is 389 g/mol. The number of rotatable bonds is 10. The number of hydrogen-bond acceptors (Lipinski definition) is 7. The van der Waals surface area contributed by atoms with Crippen molar-refractivity contribution in [2.45, 2.75) is 13.0 Å². The number of nitrogens with zero attached hydrogens (tertiary/aromatic N) is 1. The third-order valence-corrected chi connectivity index (χ3v) is 3.80. The van der Waals surface area contributed by atoms with Crippen molar-refractivity contribution in [3.63, 3.8) is 0 Å². The highest BCUT2D eigenvalue weighted by atomic mass is 16.5. The zero-order chi connectivity index (χ0) is 20.5. The van der Waals surface area contributed by atoms with E-state index in [0.717, 1.165) is 0 Å². The first-order valence-corrected chi connectivity index (χ1v) is 8.57. The molecular formula is C19H23N3O6. The first kappa shape index (κ1) is 20.8. The first-order chi connectivity index (χ1) is 13.5. The summed E-state index contributed by atoms with van der Waals surface area (Å²) in [6, 6.07) is 10.1. The molecule has 9 nitrogen and oxygen atoms in total. The number of carboxylic acid groups (broad SMARTS) is 1. The molecule has 2 aromatic carbocycles. The standard InChI is InChI=1S/C19H23N3O6/c1-2-27-14-7-8-16(28-10-9-23)15(11-14)17(19(24)25)21-13-5-3-12(4-6-13)18(20)22-26/h3-8,11,17,21,23,26H,2,9-10H2,1H3,(H2,20,22)(H,24,25). The number of carboxylic acids is 1. The third kappa shape index (κ3) is 5.27. The Hall–Kier alpha value is -3.46. The van der Waals surface area contributed by atoms with Crippen molar-refractivity contribution in [1.29, 1.82) is 0 Å². The van der Waals surface area contributed by atoms with Crippen molar-refractivity contribution in [3.05, 3.63) is 53.6 Å². The lowest BCUT2D eigenvalue weighted by Crippen LogP contribution is -2.22. The summed E-state index contributed by atoms with van der Waals surface area (Å²) < 4.78 is 10.9. The molecule has 0 saturated carbocycles. The molecule has 0 heterocycles. The quantitative estimate of drug-likeness (QED) is 0.179. The number of anilines is 1. The van der Waals surface area contributed by atoms with Crippen LogP contribution in [0.25, 0.3) is 0 Å². The van der Waals surface area contributed by atoms with E-state index in [0.29, 0.717) is 34.9 Å². The molecule has 0 amide bonds. The van der Waals surface area contributed by atoms with E-state index in [2.05, 4.69) is 10.5 Å². The molecule has 1 atom stereocenters. The Balaban J connectivity index is 2.36. The number of oxime groups is 1. The maximum atomic E-state index is 11.9. The Morgan fingerprint density at radius 1 is 1.21 bits per heavy atom. The Morgan fingerprint density at radius 2 is 1.93 bits per heavy atom. The van der Waals surface area contributed by atoms with Gasteiger partial charge in [0, 0.05) is 16.8 Å². The van der Waals surface area contributed by atoms with Crippen LogP contribution in [-0.4, -0.2) is 47.0 Å². The minimum atomic E-state index is -1.14. The summed E-state index contributed by atoms with van der Waals surface area (Å²) in [6.45, 7) is 2.08. The van der Waals surface area contributed by atoms with Crippen molar-refractivity contribution in [3.8, 4) is 11.5 Å². The lowest BCUT2D eigenvalue weighted by atomic mass is 10.0. The number of benzene rings is 2. The number of hydrogen-bond donors (Lipinski definition) is 5. The molecule has 0 aromatic heterocycles. The second-order valence-electron chi connectivity index (χ2n) is 5.68. The highest BCUT2D eigenvalue weighted by Gasteiger charge is 2.24. The predicted octanol–water partition coefficient (Wildman–Crippen LogP) is 1.79. The van der Waals surface area contributed by atoms with Crippen molar-refractivity contribution in [1.82, 2.24) is 0 Å². The summed E-state index contributed by atoms with van der Waals surface area (Å²) in [7, 11) is 0. The Bertz CT molecular complexity index is 823. The van der Waals surface area contributed by atoms with Gasteiger partial charge in [0.1, 0.15) is 18.1 Å². The van der Waals surface area contributed by atoms with Crippen LogP contribution in [-0.2, 0) is 4.79 Å². The molecule has 9 heteroatoms. The summed E-state index contributed by atoms with van der Waals surface area (Å²) in [5, 5.41) is 33.3. The van der Waals surface area contributed by atoms with Crippen molar-refractivity contribution in [2.24, 2.45) is 10.9 Å². The molecule has 0 aliphatic heterocycles. The van der Waals surface area contributed by atoms with Crippen LogP contribution < -0.4 is 20.5 Å². The van der Waals surface area contributed by atoms with Crippen LogP contribution in [0.1, 0.15) is 24.1 Å². The van der Waals surface area contributed by atoms with Crippen LogP contribution >= 0.6 is 0 Å². The molecule has 28 heavy (non-hydrogen) atoms. The van der Waals surface area contributed by atoms with Crippen LogP contribution in [0.5, 0.6) is 11.5 Å². The van der Waals surface area contributed by atoms with Crippen molar-refractivity contribution in [2.75, 3.05) is 25.1 Å². The van der Waals surface area contributed by atoms with E-state index in [9.17, 15) is 9.90 Å². The molecule has 150 valence electrons. The molecular weight excluding hydrogens is 366 g/mol. The summed E-state index contributed by atoms with van der Waals surface area (Å²) in [6.07, 6.45) is 0. The fourth-order valence-electron chi connectivity index (χ4n) is 2.53. The molecule has 6 N–H and O–H groups in total. The van der Waals surface area contributed by atoms with E-state index in [1.54, 1.807) is 42.5 Å². The number of nitrogens with one attached hydrogen (secondary N) is 1. The Labute approximate surface area is 162 Å². The molecule has 1 unspecified atom stereocenters. The number of amidine groups is 1. The number of aliphatic hydroxyl groups is 1. The number of carbonyl (C=O) groups is 1. The molecule has 2 rings (SSSR count). The summed E-state index contributed by atoms with van der Waals surface area (Å²) in [5.41, 5.74) is 6.89. The van der Waals surface area contributed by atoms with Gasteiger partial charge in [-0.25, -0.2) is 4.79 Å². The van der Waals surface area contributed by atoms with Crippen LogP contribution in [0.2, 0.25) is 0 Å². The van der Waals surface area contributed by atoms with Crippen LogP contribution in [0.15, 0.2) is 47.6 Å². The lowest BCUT2D eigenvalue weighted by Gasteiger charge is -2.20. The van der Waals surface area contributed by atoms with Gasteiger partial charge in [-0.1, -0.05) is 5.16 Å². The average Bonchev–Trinajstić information content (AvgIpc) is 2.71. The van der Waals surface area contributed by atoms with Crippen LogP contribution in [0, 0.1) is 0 Å². The molecule has 0 radical (unpaired) electrons. The molecule has 0 bridgehead atoms. The highest BCUT2D eigenvalue weighted by molar-refractivity contribution is 5.97. The smallest absolute Gasteiger partial charge is 0.330 e. The molecule has 0 fully saturated rings. The zero-order valence-electron chi connectivity index (χ0n) is 15.3. The van der Waals surface area contributed by atoms with Gasteiger partial charge in [-0.15, -0.1) is 0 Å². The maximum absolute atomic E-state index is 11.9. The molecule has 0 aliphatic carbocycles. The van der Waals surface area contributed by atoms with E-state index in [-0.39, 0.29) is 19.0 Å². The second-order valence-corrected chi connectivity index (χ2v) is 5.68. The maximum Gasteiger partial charge on any atom is 0.330 e. The Kier molecular flexibility index (Phi) is 7.46. The highest BCUT2D eigenvalue weighted by Crippen LogP contribution is 2.32. The van der Waals surface area contributed by atoms with Gasteiger partial charge in [-0.2, -0.15) is 0 Å². The second kappa shape index (κ2) is 10.0. The minimum absolute atomic E-state index is 0.0296. The van der Waals surface area contributed by atoms with Gasteiger partial charge in [0.25, 0.3) is 0 Å². The molecule has 2 aromatic rings.